The van der Waals surface area contributed by atoms with Crippen LogP contribution in [0.15, 0.2) is 54.9 Å². The van der Waals surface area contributed by atoms with Gasteiger partial charge in [0.2, 0.25) is 0 Å². The van der Waals surface area contributed by atoms with Crippen LogP contribution in [0.4, 0.5) is 23.0 Å². The number of aromatic nitrogens is 2. The Kier molecular flexibility index (Phi) is 5.58. The number of halogens is 1. The van der Waals surface area contributed by atoms with Crippen molar-refractivity contribution in [1.82, 2.24) is 9.97 Å². The van der Waals surface area contributed by atoms with Gasteiger partial charge in [0, 0.05) is 23.8 Å². The summed E-state index contributed by atoms with van der Waals surface area (Å²) in [5.74, 6) is 1.32. The fourth-order valence-electron chi connectivity index (χ4n) is 2.78. The highest BCUT2D eigenvalue weighted by atomic mass is 35.5. The smallest absolute Gasteiger partial charge is 0.161 e. The van der Waals surface area contributed by atoms with Gasteiger partial charge in [-0.3, -0.25) is 0 Å². The van der Waals surface area contributed by atoms with Crippen molar-refractivity contribution in [1.29, 1.82) is 0 Å². The van der Waals surface area contributed by atoms with Crippen molar-refractivity contribution >= 4 is 34.6 Å². The maximum atomic E-state index is 6.37. The second-order valence-electron chi connectivity index (χ2n) is 6.02. The number of nitrogens with two attached hydrogens (primary N) is 1. The zero-order valence-electron chi connectivity index (χ0n) is 14.9. The molecular formula is C20H22ClN5. The Balaban J connectivity index is 1.84. The van der Waals surface area contributed by atoms with Gasteiger partial charge in [-0.05, 0) is 49.2 Å². The van der Waals surface area contributed by atoms with Crippen LogP contribution < -0.4 is 16.0 Å². The fraction of sp³-hybridized carbons (Fsp3) is 0.200. The van der Waals surface area contributed by atoms with Crippen molar-refractivity contribution in [3.63, 3.8) is 0 Å². The Morgan fingerprint density at radius 2 is 1.88 bits per heavy atom. The minimum absolute atomic E-state index is 0.532. The van der Waals surface area contributed by atoms with Gasteiger partial charge in [-0.1, -0.05) is 35.9 Å². The van der Waals surface area contributed by atoms with Crippen LogP contribution in [0.25, 0.3) is 0 Å². The molecular weight excluding hydrogens is 346 g/mol. The molecule has 0 fully saturated rings. The number of nitrogens with zero attached hydrogens (tertiary/aromatic N) is 3. The van der Waals surface area contributed by atoms with Crippen LogP contribution in [0, 0.1) is 6.92 Å². The minimum Gasteiger partial charge on any atom is -0.393 e. The quantitative estimate of drug-likeness (QED) is 0.655. The Labute approximate surface area is 158 Å². The van der Waals surface area contributed by atoms with Crippen LogP contribution in [-0.4, -0.2) is 16.5 Å². The topological polar surface area (TPSA) is 67.1 Å². The second kappa shape index (κ2) is 8.06. The first-order chi connectivity index (χ1) is 12.6. The molecule has 0 aliphatic carbocycles. The summed E-state index contributed by atoms with van der Waals surface area (Å²) in [4.78, 5) is 10.8. The highest BCUT2D eigenvalue weighted by molar-refractivity contribution is 6.30. The number of anilines is 4. The fourth-order valence-corrected chi connectivity index (χ4v) is 2.91. The number of aryl methyl sites for hydroxylation is 1. The van der Waals surface area contributed by atoms with E-state index in [1.165, 1.54) is 11.9 Å². The van der Waals surface area contributed by atoms with Crippen molar-refractivity contribution in [3.05, 3.63) is 71.0 Å². The van der Waals surface area contributed by atoms with E-state index in [0.717, 1.165) is 17.8 Å². The predicted molar refractivity (Wildman–Crippen MR) is 109 cm³/mol. The van der Waals surface area contributed by atoms with E-state index in [2.05, 4.69) is 52.2 Å². The lowest BCUT2D eigenvalue weighted by molar-refractivity contribution is 0.974. The van der Waals surface area contributed by atoms with Gasteiger partial charge < -0.3 is 16.0 Å². The second-order valence-corrected chi connectivity index (χ2v) is 6.46. The zero-order valence-corrected chi connectivity index (χ0v) is 15.7. The molecule has 0 bridgehead atoms. The van der Waals surface area contributed by atoms with Gasteiger partial charge in [0.25, 0.3) is 0 Å². The van der Waals surface area contributed by atoms with E-state index in [1.807, 2.05) is 30.3 Å². The van der Waals surface area contributed by atoms with Gasteiger partial charge in [0.1, 0.15) is 12.0 Å². The first kappa shape index (κ1) is 18.0. The van der Waals surface area contributed by atoms with E-state index >= 15 is 0 Å². The molecule has 2 aromatic carbocycles. The normalized spacial score (nSPS) is 10.6. The van der Waals surface area contributed by atoms with Crippen molar-refractivity contribution in [2.24, 2.45) is 0 Å². The summed E-state index contributed by atoms with van der Waals surface area (Å²) in [5, 5.41) is 4.00. The molecule has 0 atom stereocenters. The first-order valence-electron chi connectivity index (χ1n) is 8.51. The van der Waals surface area contributed by atoms with Crippen LogP contribution in [-0.2, 0) is 6.54 Å². The van der Waals surface area contributed by atoms with E-state index in [0.29, 0.717) is 28.9 Å². The predicted octanol–water partition coefficient (Wildman–Crippen LogP) is 4.79. The lowest BCUT2D eigenvalue weighted by Gasteiger charge is -2.24. The summed E-state index contributed by atoms with van der Waals surface area (Å²) in [7, 11) is 0. The summed E-state index contributed by atoms with van der Waals surface area (Å²) in [6.07, 6.45) is 1.54. The minimum atomic E-state index is 0.532. The molecule has 0 radical (unpaired) electrons. The number of rotatable bonds is 6. The number of benzene rings is 2. The molecule has 3 aromatic rings. The molecule has 0 aliphatic rings. The van der Waals surface area contributed by atoms with Gasteiger partial charge in [0.05, 0.1) is 0 Å². The standard InChI is InChI=1S/C20H22ClN5/c1-3-26(17-6-4-5-14(2)11-17)20-18(22)19(24-13-25-20)23-12-15-7-9-16(21)10-8-15/h4-11,13H,3,12,22H2,1-2H3,(H,23,24,25). The molecule has 0 spiro atoms. The molecule has 5 nitrogen and oxygen atoms in total. The van der Waals surface area contributed by atoms with Gasteiger partial charge >= 0.3 is 0 Å². The summed E-state index contributed by atoms with van der Waals surface area (Å²) in [6, 6.07) is 15.9. The van der Waals surface area contributed by atoms with Gasteiger partial charge in [0.15, 0.2) is 11.6 Å². The maximum Gasteiger partial charge on any atom is 0.161 e. The van der Waals surface area contributed by atoms with E-state index in [1.54, 1.807) is 0 Å². The van der Waals surface area contributed by atoms with E-state index in [4.69, 9.17) is 17.3 Å². The Hall–Kier alpha value is -2.79. The molecule has 26 heavy (non-hydrogen) atoms. The average Bonchev–Trinajstić information content (AvgIpc) is 2.64. The van der Waals surface area contributed by atoms with Crippen LogP contribution in [0.2, 0.25) is 5.02 Å². The first-order valence-corrected chi connectivity index (χ1v) is 8.89. The van der Waals surface area contributed by atoms with Crippen LogP contribution in [0.3, 0.4) is 0 Å². The van der Waals surface area contributed by atoms with Gasteiger partial charge in [-0.2, -0.15) is 0 Å². The van der Waals surface area contributed by atoms with Crippen LogP contribution >= 0.6 is 11.6 Å². The van der Waals surface area contributed by atoms with Gasteiger partial charge in [-0.25, -0.2) is 9.97 Å². The highest BCUT2D eigenvalue weighted by Gasteiger charge is 2.15. The lowest BCUT2D eigenvalue weighted by Crippen LogP contribution is -2.20. The third-order valence-corrected chi connectivity index (χ3v) is 4.37. The SMILES string of the molecule is CCN(c1cccc(C)c1)c1ncnc(NCc2ccc(Cl)cc2)c1N. The Morgan fingerprint density at radius 3 is 2.58 bits per heavy atom. The van der Waals surface area contributed by atoms with E-state index in [9.17, 15) is 0 Å². The molecule has 1 heterocycles. The molecule has 0 saturated heterocycles. The summed E-state index contributed by atoms with van der Waals surface area (Å²) in [5.41, 5.74) is 10.2. The molecule has 3 rings (SSSR count). The lowest BCUT2D eigenvalue weighted by atomic mass is 10.2. The Morgan fingerprint density at radius 1 is 1.12 bits per heavy atom. The third kappa shape index (κ3) is 4.06. The summed E-state index contributed by atoms with van der Waals surface area (Å²) < 4.78 is 0. The Bertz CT molecular complexity index is 880. The van der Waals surface area contributed by atoms with Crippen LogP contribution in [0.5, 0.6) is 0 Å². The van der Waals surface area contributed by atoms with Crippen molar-refractivity contribution in [2.75, 3.05) is 22.5 Å². The van der Waals surface area contributed by atoms with Crippen molar-refractivity contribution in [3.8, 4) is 0 Å². The molecule has 0 amide bonds. The number of hydrogen-bond acceptors (Lipinski definition) is 5. The molecule has 134 valence electrons. The molecule has 6 heteroatoms. The summed E-state index contributed by atoms with van der Waals surface area (Å²) >= 11 is 5.93. The number of nitrogens with one attached hydrogen (secondary N) is 1. The zero-order chi connectivity index (χ0) is 18.5. The monoisotopic (exact) mass is 367 g/mol. The molecule has 0 aliphatic heterocycles. The van der Waals surface area contributed by atoms with Crippen molar-refractivity contribution < 1.29 is 0 Å². The molecule has 1 aromatic heterocycles. The van der Waals surface area contributed by atoms with Gasteiger partial charge in [-0.15, -0.1) is 0 Å². The number of nitrogen functional groups attached to an aromatic ring is 1. The van der Waals surface area contributed by atoms with Crippen molar-refractivity contribution in [2.45, 2.75) is 20.4 Å². The largest absolute Gasteiger partial charge is 0.393 e. The number of hydrogen-bond donors (Lipinski definition) is 2. The van der Waals surface area contributed by atoms with E-state index < -0.39 is 0 Å². The highest BCUT2D eigenvalue weighted by Crippen LogP contribution is 2.32. The summed E-state index contributed by atoms with van der Waals surface area (Å²) in [6.45, 7) is 5.50. The van der Waals surface area contributed by atoms with Crippen LogP contribution in [0.1, 0.15) is 18.1 Å². The molecule has 0 unspecified atom stereocenters. The third-order valence-electron chi connectivity index (χ3n) is 4.12. The average molecular weight is 368 g/mol. The maximum absolute atomic E-state index is 6.37. The molecule has 0 saturated carbocycles. The molecule has 3 N–H and O–H groups in total. The van der Waals surface area contributed by atoms with E-state index in [-0.39, 0.29) is 0 Å².